The number of allylic oxidation sites excluding steroid dienone is 1. The molecule has 0 bridgehead atoms. The summed E-state index contributed by atoms with van der Waals surface area (Å²) in [5, 5.41) is 12.2. The van der Waals surface area contributed by atoms with Gasteiger partial charge in [-0.3, -0.25) is 9.69 Å². The van der Waals surface area contributed by atoms with Crippen molar-refractivity contribution in [1.29, 1.82) is 5.26 Å². The van der Waals surface area contributed by atoms with Gasteiger partial charge in [0, 0.05) is 20.0 Å². The van der Waals surface area contributed by atoms with Crippen LogP contribution in [0, 0.1) is 28.8 Å². The van der Waals surface area contributed by atoms with Gasteiger partial charge in [0.05, 0.1) is 36.1 Å². The highest BCUT2D eigenvalue weighted by atomic mass is 19.2. The molecule has 1 unspecified atom stereocenters. The molecule has 0 aromatic heterocycles. The smallest absolute Gasteiger partial charge is 0.414 e. The van der Waals surface area contributed by atoms with Crippen molar-refractivity contribution in [2.75, 3.05) is 36.0 Å². The number of ether oxygens (including phenoxy) is 1. The van der Waals surface area contributed by atoms with Crippen molar-refractivity contribution in [2.45, 2.75) is 25.9 Å². The molecule has 182 valence electrons. The van der Waals surface area contributed by atoms with E-state index in [1.54, 1.807) is 12.1 Å². The van der Waals surface area contributed by atoms with E-state index in [9.17, 15) is 23.6 Å². The number of carbonyl (C=O) groups excluding carboxylic acids is 2. The molecule has 2 aliphatic rings. The van der Waals surface area contributed by atoms with Crippen molar-refractivity contribution in [2.24, 2.45) is 0 Å². The van der Waals surface area contributed by atoms with Crippen molar-refractivity contribution in [3.8, 4) is 6.07 Å². The highest BCUT2D eigenvalue weighted by Gasteiger charge is 2.33. The molecule has 2 saturated heterocycles. The number of cyclic esters (lactones) is 1. The topological polar surface area (TPSA) is 85.7 Å². The van der Waals surface area contributed by atoms with E-state index in [4.69, 9.17) is 4.74 Å². The van der Waals surface area contributed by atoms with Gasteiger partial charge in [-0.25, -0.2) is 18.0 Å². The number of nitrogens with zero attached hydrogens (tertiary/aromatic N) is 3. The van der Waals surface area contributed by atoms with Crippen LogP contribution in [-0.4, -0.2) is 44.3 Å². The molecular formula is C25H23F3N4O3. The normalized spacial score (nSPS) is 17.7. The van der Waals surface area contributed by atoms with Crippen LogP contribution in [0.5, 0.6) is 0 Å². The summed E-state index contributed by atoms with van der Waals surface area (Å²) in [4.78, 5) is 26.4. The lowest BCUT2D eigenvalue weighted by Gasteiger charge is -2.31. The van der Waals surface area contributed by atoms with E-state index < -0.39 is 29.6 Å². The van der Waals surface area contributed by atoms with Gasteiger partial charge >= 0.3 is 6.09 Å². The first-order valence-corrected chi connectivity index (χ1v) is 11.1. The minimum absolute atomic E-state index is 0.178. The highest BCUT2D eigenvalue weighted by Crippen LogP contribution is 2.32. The fourth-order valence-electron chi connectivity index (χ4n) is 4.28. The number of nitriles is 1. The van der Waals surface area contributed by atoms with E-state index in [1.807, 2.05) is 4.90 Å². The van der Waals surface area contributed by atoms with Gasteiger partial charge in [-0.15, -0.1) is 0 Å². The van der Waals surface area contributed by atoms with Gasteiger partial charge in [-0.1, -0.05) is 6.07 Å². The Labute approximate surface area is 200 Å². The first-order valence-electron chi connectivity index (χ1n) is 11.1. The number of amides is 2. The van der Waals surface area contributed by atoms with Crippen LogP contribution in [0.4, 0.5) is 29.3 Å². The number of rotatable bonds is 5. The van der Waals surface area contributed by atoms with Gasteiger partial charge in [0.15, 0.2) is 11.6 Å². The van der Waals surface area contributed by atoms with Crippen molar-refractivity contribution in [3.63, 3.8) is 0 Å². The van der Waals surface area contributed by atoms with E-state index in [-0.39, 0.29) is 19.0 Å². The second-order valence-corrected chi connectivity index (χ2v) is 8.40. The van der Waals surface area contributed by atoms with Crippen LogP contribution in [0.2, 0.25) is 0 Å². The van der Waals surface area contributed by atoms with Crippen LogP contribution in [0.15, 0.2) is 42.0 Å². The molecule has 0 radical (unpaired) electrons. The number of halogens is 3. The first kappa shape index (κ1) is 24.1. The van der Waals surface area contributed by atoms with Crippen molar-refractivity contribution in [3.05, 3.63) is 65.0 Å². The Hall–Kier alpha value is -4.00. The first-order chi connectivity index (χ1) is 16.8. The van der Waals surface area contributed by atoms with Crippen LogP contribution in [-0.2, 0) is 9.53 Å². The largest absolute Gasteiger partial charge is 0.442 e. The van der Waals surface area contributed by atoms with Gasteiger partial charge in [-0.2, -0.15) is 5.26 Å². The minimum Gasteiger partial charge on any atom is -0.442 e. The Morgan fingerprint density at radius 3 is 2.49 bits per heavy atom. The van der Waals surface area contributed by atoms with E-state index in [0.29, 0.717) is 48.4 Å². The molecule has 2 aromatic carbocycles. The maximum Gasteiger partial charge on any atom is 0.414 e. The van der Waals surface area contributed by atoms with Crippen LogP contribution in [0.25, 0.3) is 5.57 Å². The van der Waals surface area contributed by atoms with Crippen LogP contribution >= 0.6 is 0 Å². The third kappa shape index (κ3) is 5.24. The molecule has 1 N–H and O–H groups in total. The third-order valence-corrected chi connectivity index (χ3v) is 6.08. The molecule has 2 aliphatic heterocycles. The lowest BCUT2D eigenvalue weighted by Crippen LogP contribution is -2.33. The molecule has 10 heteroatoms. The monoisotopic (exact) mass is 484 g/mol. The van der Waals surface area contributed by atoms with Gasteiger partial charge in [0.2, 0.25) is 5.91 Å². The molecule has 0 saturated carbocycles. The molecule has 4 rings (SSSR count). The third-order valence-electron chi connectivity index (χ3n) is 6.08. The number of hydrogen-bond donors (Lipinski definition) is 1. The van der Waals surface area contributed by atoms with Crippen molar-refractivity contribution >= 4 is 28.9 Å². The highest BCUT2D eigenvalue weighted by molar-refractivity contribution is 5.90. The predicted molar refractivity (Wildman–Crippen MR) is 123 cm³/mol. The van der Waals surface area contributed by atoms with Crippen molar-refractivity contribution in [1.82, 2.24) is 5.32 Å². The Morgan fingerprint density at radius 1 is 1.11 bits per heavy atom. The summed E-state index contributed by atoms with van der Waals surface area (Å²) in [5.41, 5.74) is 2.14. The lowest BCUT2D eigenvalue weighted by atomic mass is 9.93. The molecule has 1 atom stereocenters. The fourth-order valence-corrected chi connectivity index (χ4v) is 4.28. The lowest BCUT2D eigenvalue weighted by molar-refractivity contribution is -0.119. The van der Waals surface area contributed by atoms with E-state index in [0.717, 1.165) is 17.7 Å². The van der Waals surface area contributed by atoms with E-state index >= 15 is 4.39 Å². The van der Waals surface area contributed by atoms with Gasteiger partial charge in [0.1, 0.15) is 11.9 Å². The van der Waals surface area contributed by atoms with E-state index in [2.05, 4.69) is 11.4 Å². The molecular weight excluding hydrogens is 461 g/mol. The van der Waals surface area contributed by atoms with Crippen LogP contribution in [0.3, 0.4) is 0 Å². The zero-order chi connectivity index (χ0) is 25.1. The molecule has 2 fully saturated rings. The maximum atomic E-state index is 15.0. The van der Waals surface area contributed by atoms with Crippen molar-refractivity contribution < 1.29 is 27.5 Å². The second-order valence-electron chi connectivity index (χ2n) is 8.40. The molecule has 7 nitrogen and oxygen atoms in total. The number of hydrogen-bond acceptors (Lipinski definition) is 5. The Balaban J connectivity index is 1.44. The Kier molecular flexibility index (Phi) is 6.96. The number of nitrogens with one attached hydrogen (secondary N) is 1. The number of piperidine rings is 1. The SMILES string of the molecule is CC(=O)NCC1CN(c2ccc(N3CCC(=C(C#N)c4ccc(F)c(F)c4)CC3)c(F)c2)C(=O)O1. The summed E-state index contributed by atoms with van der Waals surface area (Å²) in [6.07, 6.45) is -0.203. The van der Waals surface area contributed by atoms with E-state index in [1.165, 1.54) is 24.0 Å². The molecule has 35 heavy (non-hydrogen) atoms. The minimum atomic E-state index is -1.02. The molecule has 2 aromatic rings. The second kappa shape index (κ2) is 10.1. The Morgan fingerprint density at radius 2 is 1.86 bits per heavy atom. The molecule has 2 amide bonds. The van der Waals surface area contributed by atoms with Gasteiger partial charge in [0.25, 0.3) is 0 Å². The molecule has 0 aliphatic carbocycles. The average molecular weight is 484 g/mol. The number of benzene rings is 2. The summed E-state index contributed by atoms with van der Waals surface area (Å²) in [6, 6.07) is 9.96. The summed E-state index contributed by atoms with van der Waals surface area (Å²) < 4.78 is 47.1. The van der Waals surface area contributed by atoms with Gasteiger partial charge in [-0.05, 0) is 54.3 Å². The Bertz CT molecular complexity index is 1230. The molecule has 0 spiro atoms. The quantitative estimate of drug-likeness (QED) is 0.645. The number of carbonyl (C=O) groups is 2. The maximum absolute atomic E-state index is 15.0. The zero-order valence-corrected chi connectivity index (χ0v) is 19.0. The predicted octanol–water partition coefficient (Wildman–Crippen LogP) is 4.14. The van der Waals surface area contributed by atoms with Gasteiger partial charge < -0.3 is 15.0 Å². The summed E-state index contributed by atoms with van der Waals surface area (Å²) in [7, 11) is 0. The summed E-state index contributed by atoms with van der Waals surface area (Å²) >= 11 is 0. The fraction of sp³-hybridized carbons (Fsp3) is 0.320. The summed E-state index contributed by atoms with van der Waals surface area (Å²) in [6.45, 7) is 2.61. The van der Waals surface area contributed by atoms with Crippen LogP contribution < -0.4 is 15.1 Å². The number of anilines is 2. The van der Waals surface area contributed by atoms with Crippen LogP contribution in [0.1, 0.15) is 25.3 Å². The standard InChI is InChI=1S/C25H23F3N4O3/c1-15(33)30-13-19-14-32(25(34)35-19)18-3-5-24(23(28)11-18)31-8-6-16(7-9-31)20(12-29)17-2-4-21(26)22(27)10-17/h2-5,10-11,19H,6-9,13-14H2,1H3,(H,30,33). The molecule has 2 heterocycles. The summed E-state index contributed by atoms with van der Waals surface area (Å²) in [5.74, 6) is -2.73. The zero-order valence-electron chi connectivity index (χ0n) is 19.0. The average Bonchev–Trinajstić information content (AvgIpc) is 3.21.